The molecule has 1 aliphatic heterocycles. The number of aliphatic hydroxyl groups is 1. The third-order valence-corrected chi connectivity index (χ3v) is 5.70. The lowest BCUT2D eigenvalue weighted by Crippen LogP contribution is -2.29. The average molecular weight is 476 g/mol. The predicted octanol–water partition coefficient (Wildman–Crippen LogP) is 5.65. The van der Waals surface area contributed by atoms with Gasteiger partial charge in [-0.25, -0.2) is 0 Å². The second kappa shape index (κ2) is 10.1. The van der Waals surface area contributed by atoms with Gasteiger partial charge in [0, 0.05) is 11.3 Å². The maximum Gasteiger partial charge on any atom is 0.300 e. The van der Waals surface area contributed by atoms with Crippen molar-refractivity contribution < 1.29 is 28.6 Å². The van der Waals surface area contributed by atoms with Crippen molar-refractivity contribution in [2.24, 2.45) is 5.92 Å². The number of aryl methyl sites for hydroxylation is 1. The lowest BCUT2D eigenvalue weighted by molar-refractivity contribution is -0.132. The molecule has 0 saturated carbocycles. The summed E-state index contributed by atoms with van der Waals surface area (Å²) in [7, 11) is 0. The molecule has 1 unspecified atom stereocenters. The number of anilines is 1. The monoisotopic (exact) mass is 475 g/mol. The number of hydrogen-bond acceptors (Lipinski definition) is 6. The summed E-state index contributed by atoms with van der Waals surface area (Å²) in [6.45, 7) is 8.96. The van der Waals surface area contributed by atoms with Gasteiger partial charge in [0.25, 0.3) is 11.7 Å². The normalized spacial score (nSPS) is 17.3. The van der Waals surface area contributed by atoms with E-state index in [-0.39, 0.29) is 11.3 Å². The Bertz CT molecular complexity index is 1240. The number of amides is 1. The van der Waals surface area contributed by atoms with E-state index < -0.39 is 17.7 Å². The lowest BCUT2D eigenvalue weighted by Gasteiger charge is -2.23. The molecule has 4 rings (SSSR count). The second-order valence-corrected chi connectivity index (χ2v) is 8.80. The molecule has 7 heteroatoms. The number of benzene rings is 2. The Morgan fingerprint density at radius 3 is 2.43 bits per heavy atom. The number of hydrogen-bond donors (Lipinski definition) is 1. The molecule has 0 spiro atoms. The van der Waals surface area contributed by atoms with Crippen molar-refractivity contribution in [2.45, 2.75) is 33.7 Å². The number of rotatable bonds is 8. The van der Waals surface area contributed by atoms with Crippen molar-refractivity contribution in [3.05, 3.63) is 83.3 Å². The van der Waals surface area contributed by atoms with Gasteiger partial charge in [-0.1, -0.05) is 13.8 Å². The van der Waals surface area contributed by atoms with Gasteiger partial charge >= 0.3 is 0 Å². The Morgan fingerprint density at radius 2 is 1.83 bits per heavy atom. The summed E-state index contributed by atoms with van der Waals surface area (Å²) in [5.74, 6) is 0.297. The fraction of sp³-hybridized carbons (Fsp3) is 0.286. The van der Waals surface area contributed by atoms with Crippen LogP contribution in [-0.4, -0.2) is 30.0 Å². The van der Waals surface area contributed by atoms with Crippen LogP contribution in [0.5, 0.6) is 11.5 Å². The summed E-state index contributed by atoms with van der Waals surface area (Å²) in [5.41, 5.74) is 1.68. The van der Waals surface area contributed by atoms with Crippen molar-refractivity contribution >= 4 is 23.1 Å². The highest BCUT2D eigenvalue weighted by Crippen LogP contribution is 2.42. The zero-order chi connectivity index (χ0) is 25.1. The van der Waals surface area contributed by atoms with E-state index in [2.05, 4.69) is 13.8 Å². The predicted molar refractivity (Wildman–Crippen MR) is 133 cm³/mol. The highest BCUT2D eigenvalue weighted by atomic mass is 16.5. The molecule has 1 aromatic heterocycles. The fourth-order valence-electron chi connectivity index (χ4n) is 4.06. The molecule has 0 bridgehead atoms. The van der Waals surface area contributed by atoms with Gasteiger partial charge in [-0.3, -0.25) is 14.5 Å². The summed E-state index contributed by atoms with van der Waals surface area (Å²) in [6.07, 6.45) is 1.47. The fourth-order valence-corrected chi connectivity index (χ4v) is 4.06. The first-order chi connectivity index (χ1) is 16.8. The van der Waals surface area contributed by atoms with Gasteiger partial charge in [0.1, 0.15) is 29.1 Å². The van der Waals surface area contributed by atoms with E-state index in [1.807, 2.05) is 13.8 Å². The van der Waals surface area contributed by atoms with Crippen LogP contribution in [0.2, 0.25) is 0 Å². The van der Waals surface area contributed by atoms with Crippen LogP contribution in [0.4, 0.5) is 5.69 Å². The number of ketones is 1. The van der Waals surface area contributed by atoms with Crippen LogP contribution in [0.15, 0.2) is 70.9 Å². The SMILES string of the molecule is CCOc1ccc(N2C(=O)C(=O)/C(=C(\O)c3ccc(OCC(C)C)c(C)c3)C2c2ccco2)cc1. The molecule has 0 aliphatic carbocycles. The molecule has 2 heterocycles. The Morgan fingerprint density at radius 1 is 1.09 bits per heavy atom. The minimum absolute atomic E-state index is 0.0333. The molecular weight excluding hydrogens is 446 g/mol. The minimum atomic E-state index is -0.917. The van der Waals surface area contributed by atoms with Crippen LogP contribution in [0.1, 0.15) is 43.7 Å². The summed E-state index contributed by atoms with van der Waals surface area (Å²) in [4.78, 5) is 27.7. The number of nitrogens with zero attached hydrogens (tertiary/aromatic N) is 1. The van der Waals surface area contributed by atoms with E-state index in [4.69, 9.17) is 13.9 Å². The molecule has 1 fully saturated rings. The van der Waals surface area contributed by atoms with Crippen molar-refractivity contribution in [3.63, 3.8) is 0 Å². The van der Waals surface area contributed by atoms with Crippen molar-refractivity contribution in [1.82, 2.24) is 0 Å². The Balaban J connectivity index is 1.77. The van der Waals surface area contributed by atoms with Crippen LogP contribution >= 0.6 is 0 Å². The lowest BCUT2D eigenvalue weighted by atomic mass is 9.98. The van der Waals surface area contributed by atoms with Gasteiger partial charge in [0.15, 0.2) is 0 Å². The van der Waals surface area contributed by atoms with Gasteiger partial charge < -0.3 is 19.0 Å². The van der Waals surface area contributed by atoms with E-state index in [1.165, 1.54) is 11.2 Å². The topological polar surface area (TPSA) is 89.2 Å². The van der Waals surface area contributed by atoms with Crippen molar-refractivity contribution in [2.75, 3.05) is 18.1 Å². The molecule has 2 aromatic carbocycles. The molecule has 1 atom stereocenters. The van der Waals surface area contributed by atoms with Gasteiger partial charge in [-0.2, -0.15) is 0 Å². The molecule has 7 nitrogen and oxygen atoms in total. The standard InChI is InChI=1S/C28H29NO6/c1-5-33-21-11-9-20(10-12-21)29-25(23-7-6-14-34-23)24(27(31)28(29)32)26(30)19-8-13-22(18(4)15-19)35-16-17(2)3/h6-15,17,25,30H,5,16H2,1-4H3/b26-24-. The van der Waals surface area contributed by atoms with Crippen LogP contribution in [0.3, 0.4) is 0 Å². The number of carbonyl (C=O) groups excluding carboxylic acids is 2. The molecule has 1 N–H and O–H groups in total. The van der Waals surface area contributed by atoms with E-state index in [0.29, 0.717) is 47.6 Å². The highest BCUT2D eigenvalue weighted by Gasteiger charge is 2.48. The second-order valence-electron chi connectivity index (χ2n) is 8.80. The summed E-state index contributed by atoms with van der Waals surface area (Å²) in [5, 5.41) is 11.3. The van der Waals surface area contributed by atoms with E-state index in [0.717, 1.165) is 5.56 Å². The molecule has 1 saturated heterocycles. The Labute approximate surface area is 204 Å². The smallest absolute Gasteiger partial charge is 0.300 e. The van der Waals surface area contributed by atoms with E-state index in [1.54, 1.807) is 54.6 Å². The van der Waals surface area contributed by atoms with Gasteiger partial charge in [-0.05, 0) is 79.9 Å². The third kappa shape index (κ3) is 4.80. The summed E-state index contributed by atoms with van der Waals surface area (Å²) < 4.78 is 16.9. The quantitative estimate of drug-likeness (QED) is 0.257. The van der Waals surface area contributed by atoms with E-state index in [9.17, 15) is 14.7 Å². The summed E-state index contributed by atoms with van der Waals surface area (Å²) in [6, 6.07) is 14.5. The molecule has 0 radical (unpaired) electrons. The van der Waals surface area contributed by atoms with Gasteiger partial charge in [0.2, 0.25) is 0 Å². The number of aliphatic hydroxyl groups excluding tert-OH is 1. The van der Waals surface area contributed by atoms with Crippen molar-refractivity contribution in [3.8, 4) is 11.5 Å². The van der Waals surface area contributed by atoms with Crippen LogP contribution < -0.4 is 14.4 Å². The third-order valence-electron chi connectivity index (χ3n) is 5.70. The maximum absolute atomic E-state index is 13.2. The molecule has 3 aromatic rings. The zero-order valence-electron chi connectivity index (χ0n) is 20.3. The molecule has 1 aliphatic rings. The van der Waals surface area contributed by atoms with Crippen LogP contribution in [0, 0.1) is 12.8 Å². The Kier molecular flexibility index (Phi) is 6.96. The maximum atomic E-state index is 13.2. The van der Waals surface area contributed by atoms with Gasteiger partial charge in [-0.15, -0.1) is 0 Å². The molecule has 35 heavy (non-hydrogen) atoms. The Hall–Kier alpha value is -4.00. The van der Waals surface area contributed by atoms with Crippen LogP contribution in [-0.2, 0) is 9.59 Å². The number of carbonyl (C=O) groups is 2. The zero-order valence-corrected chi connectivity index (χ0v) is 20.3. The first-order valence-electron chi connectivity index (χ1n) is 11.6. The summed E-state index contributed by atoms with van der Waals surface area (Å²) >= 11 is 0. The van der Waals surface area contributed by atoms with Gasteiger partial charge in [0.05, 0.1) is 25.1 Å². The van der Waals surface area contributed by atoms with E-state index >= 15 is 0 Å². The number of furan rings is 1. The first kappa shape index (κ1) is 24.1. The molecule has 182 valence electrons. The van der Waals surface area contributed by atoms with Crippen LogP contribution in [0.25, 0.3) is 5.76 Å². The first-order valence-corrected chi connectivity index (χ1v) is 11.6. The molecular formula is C28H29NO6. The average Bonchev–Trinajstić information content (AvgIpc) is 3.45. The largest absolute Gasteiger partial charge is 0.507 e. The number of Topliss-reactive ketones (excluding diaryl/α,β-unsaturated/α-hetero) is 1. The molecule has 1 amide bonds. The van der Waals surface area contributed by atoms with Crippen molar-refractivity contribution in [1.29, 1.82) is 0 Å². The highest BCUT2D eigenvalue weighted by molar-refractivity contribution is 6.51. The minimum Gasteiger partial charge on any atom is -0.507 e. The number of ether oxygens (including phenoxy) is 2.